The Hall–Kier alpha value is -1.95. The highest BCUT2D eigenvalue weighted by molar-refractivity contribution is 5.79. The SMILES string of the molecule is CCC1([C@@H](O)C/C=C/[C@H]2CCC(=O)N2CCCc2nc(C=O)co2)CCC1. The lowest BCUT2D eigenvalue weighted by Gasteiger charge is -2.45. The zero-order valence-electron chi connectivity index (χ0n) is 16.1. The van der Waals surface area contributed by atoms with Gasteiger partial charge < -0.3 is 14.4 Å². The summed E-state index contributed by atoms with van der Waals surface area (Å²) in [5.74, 6) is 0.708. The molecule has 1 aromatic rings. The first-order valence-corrected chi connectivity index (χ1v) is 10.1. The third-order valence-electron chi connectivity index (χ3n) is 6.33. The Morgan fingerprint density at radius 1 is 1.48 bits per heavy atom. The van der Waals surface area contributed by atoms with Crippen LogP contribution in [0.4, 0.5) is 0 Å². The topological polar surface area (TPSA) is 83.6 Å². The van der Waals surface area contributed by atoms with E-state index in [4.69, 9.17) is 4.42 Å². The van der Waals surface area contributed by atoms with Crippen LogP contribution in [0.1, 0.15) is 74.7 Å². The summed E-state index contributed by atoms with van der Waals surface area (Å²) in [5, 5.41) is 10.5. The first-order valence-electron chi connectivity index (χ1n) is 10.1. The van der Waals surface area contributed by atoms with Crippen LogP contribution in [-0.4, -0.2) is 45.9 Å². The monoisotopic (exact) mass is 374 g/mol. The van der Waals surface area contributed by atoms with E-state index in [9.17, 15) is 14.7 Å². The van der Waals surface area contributed by atoms with Gasteiger partial charge in [0, 0.05) is 19.4 Å². The van der Waals surface area contributed by atoms with E-state index in [1.54, 1.807) is 0 Å². The maximum absolute atomic E-state index is 12.2. The van der Waals surface area contributed by atoms with Crippen LogP contribution in [0.25, 0.3) is 0 Å². The highest BCUT2D eigenvalue weighted by Gasteiger charge is 2.41. The van der Waals surface area contributed by atoms with Crippen LogP contribution >= 0.6 is 0 Å². The first kappa shape index (κ1) is 19.8. The molecule has 2 heterocycles. The third-order valence-corrected chi connectivity index (χ3v) is 6.33. The highest BCUT2D eigenvalue weighted by atomic mass is 16.3. The molecule has 0 aromatic carbocycles. The summed E-state index contributed by atoms with van der Waals surface area (Å²) in [6.07, 6.45) is 13.8. The molecule has 0 radical (unpaired) electrons. The second-order valence-electron chi connectivity index (χ2n) is 7.83. The number of aldehydes is 1. The second-order valence-corrected chi connectivity index (χ2v) is 7.83. The van der Waals surface area contributed by atoms with Crippen molar-refractivity contribution in [3.8, 4) is 0 Å². The third kappa shape index (κ3) is 4.49. The summed E-state index contributed by atoms with van der Waals surface area (Å²) in [6.45, 7) is 2.81. The molecule has 0 spiro atoms. The molecule has 6 nitrogen and oxygen atoms in total. The lowest BCUT2D eigenvalue weighted by atomic mass is 9.63. The number of aromatic nitrogens is 1. The quantitative estimate of drug-likeness (QED) is 0.502. The van der Waals surface area contributed by atoms with E-state index in [0.29, 0.717) is 43.7 Å². The molecular weight excluding hydrogens is 344 g/mol. The van der Waals surface area contributed by atoms with Crippen molar-refractivity contribution in [1.82, 2.24) is 9.88 Å². The number of aliphatic hydroxyl groups is 1. The van der Waals surface area contributed by atoms with Crippen LogP contribution in [0.3, 0.4) is 0 Å². The molecule has 3 rings (SSSR count). The van der Waals surface area contributed by atoms with Crippen LogP contribution < -0.4 is 0 Å². The molecule has 1 saturated heterocycles. The van der Waals surface area contributed by atoms with Crippen molar-refractivity contribution < 1.29 is 19.1 Å². The number of hydrogen-bond donors (Lipinski definition) is 1. The average molecular weight is 374 g/mol. The minimum atomic E-state index is -0.282. The van der Waals surface area contributed by atoms with Gasteiger partial charge in [-0.2, -0.15) is 0 Å². The molecule has 6 heteroatoms. The number of carbonyl (C=O) groups is 2. The maximum Gasteiger partial charge on any atom is 0.223 e. The summed E-state index contributed by atoms with van der Waals surface area (Å²) in [4.78, 5) is 28.8. The van der Waals surface area contributed by atoms with Crippen LogP contribution in [0.2, 0.25) is 0 Å². The van der Waals surface area contributed by atoms with E-state index in [2.05, 4.69) is 24.1 Å². The van der Waals surface area contributed by atoms with Gasteiger partial charge in [0.25, 0.3) is 0 Å². The molecule has 1 saturated carbocycles. The van der Waals surface area contributed by atoms with Gasteiger partial charge in [0.2, 0.25) is 5.91 Å². The fourth-order valence-corrected chi connectivity index (χ4v) is 4.31. The average Bonchev–Trinajstić information content (AvgIpc) is 3.22. The standard InChI is InChI=1S/C21H30N2O4/c1-2-21(11-5-12-21)18(25)7-3-6-17-9-10-20(26)23(17)13-4-8-19-22-16(14-24)15-27-19/h3,6,14-15,17-18,25H,2,4-5,7-13H2,1H3/b6-3+/t17-,18-/m0/s1. The number of nitrogens with zero attached hydrogens (tertiary/aromatic N) is 2. The molecule has 1 amide bonds. The second kappa shape index (κ2) is 8.83. The number of carbonyl (C=O) groups excluding carboxylic acids is 2. The molecule has 0 bridgehead atoms. The summed E-state index contributed by atoms with van der Waals surface area (Å²) >= 11 is 0. The molecule has 1 aromatic heterocycles. The van der Waals surface area contributed by atoms with E-state index in [-0.39, 0.29) is 23.5 Å². The molecule has 1 aliphatic carbocycles. The number of amides is 1. The Labute approximate surface area is 160 Å². The van der Waals surface area contributed by atoms with Gasteiger partial charge in [-0.1, -0.05) is 25.5 Å². The van der Waals surface area contributed by atoms with Crippen molar-refractivity contribution in [2.24, 2.45) is 5.41 Å². The predicted molar refractivity (Wildman–Crippen MR) is 101 cm³/mol. The number of rotatable bonds is 10. The van der Waals surface area contributed by atoms with Crippen molar-refractivity contribution in [3.05, 3.63) is 30.0 Å². The number of oxazole rings is 1. The largest absolute Gasteiger partial charge is 0.448 e. The van der Waals surface area contributed by atoms with E-state index in [1.165, 1.54) is 12.7 Å². The van der Waals surface area contributed by atoms with Crippen LogP contribution in [0, 0.1) is 5.41 Å². The molecule has 1 aliphatic heterocycles. The Kier molecular flexibility index (Phi) is 6.47. The van der Waals surface area contributed by atoms with Crippen LogP contribution in [-0.2, 0) is 11.2 Å². The lowest BCUT2D eigenvalue weighted by Crippen LogP contribution is -2.40. The predicted octanol–water partition coefficient (Wildman–Crippen LogP) is 3.30. The van der Waals surface area contributed by atoms with E-state index in [1.807, 2.05) is 4.90 Å². The minimum absolute atomic E-state index is 0.110. The minimum Gasteiger partial charge on any atom is -0.448 e. The Balaban J connectivity index is 1.47. The van der Waals surface area contributed by atoms with E-state index in [0.717, 1.165) is 32.1 Å². The van der Waals surface area contributed by atoms with Crippen molar-refractivity contribution >= 4 is 12.2 Å². The number of aryl methyl sites for hydroxylation is 1. The molecular formula is C21H30N2O4. The first-order chi connectivity index (χ1) is 13.1. The van der Waals surface area contributed by atoms with Crippen molar-refractivity contribution in [2.45, 2.75) is 76.9 Å². The van der Waals surface area contributed by atoms with Gasteiger partial charge in [-0.25, -0.2) is 4.98 Å². The van der Waals surface area contributed by atoms with Gasteiger partial charge in [-0.3, -0.25) is 9.59 Å². The van der Waals surface area contributed by atoms with E-state index >= 15 is 0 Å². The molecule has 2 fully saturated rings. The lowest BCUT2D eigenvalue weighted by molar-refractivity contribution is -0.128. The zero-order valence-corrected chi connectivity index (χ0v) is 16.1. The van der Waals surface area contributed by atoms with Crippen LogP contribution in [0.5, 0.6) is 0 Å². The van der Waals surface area contributed by atoms with Crippen LogP contribution in [0.15, 0.2) is 22.8 Å². The summed E-state index contributed by atoms with van der Waals surface area (Å²) in [7, 11) is 0. The molecule has 2 atom stereocenters. The molecule has 148 valence electrons. The molecule has 2 aliphatic rings. The van der Waals surface area contributed by atoms with Crippen molar-refractivity contribution in [1.29, 1.82) is 0 Å². The van der Waals surface area contributed by atoms with Crippen molar-refractivity contribution in [2.75, 3.05) is 6.54 Å². The van der Waals surface area contributed by atoms with Gasteiger partial charge in [0.15, 0.2) is 12.2 Å². The summed E-state index contributed by atoms with van der Waals surface area (Å²) in [5.41, 5.74) is 0.421. The van der Waals surface area contributed by atoms with Gasteiger partial charge in [-0.05, 0) is 43.9 Å². The number of aliphatic hydroxyl groups excluding tert-OH is 1. The van der Waals surface area contributed by atoms with Crippen molar-refractivity contribution in [3.63, 3.8) is 0 Å². The van der Waals surface area contributed by atoms with Gasteiger partial charge >= 0.3 is 0 Å². The highest BCUT2D eigenvalue weighted by Crippen LogP contribution is 2.47. The molecule has 1 N–H and O–H groups in total. The van der Waals surface area contributed by atoms with Gasteiger partial charge in [-0.15, -0.1) is 0 Å². The maximum atomic E-state index is 12.2. The zero-order chi connectivity index (χ0) is 19.3. The smallest absolute Gasteiger partial charge is 0.223 e. The summed E-state index contributed by atoms with van der Waals surface area (Å²) < 4.78 is 5.24. The molecule has 27 heavy (non-hydrogen) atoms. The Morgan fingerprint density at radius 3 is 2.93 bits per heavy atom. The van der Waals surface area contributed by atoms with E-state index < -0.39 is 0 Å². The van der Waals surface area contributed by atoms with Gasteiger partial charge in [0.1, 0.15) is 12.0 Å². The summed E-state index contributed by atoms with van der Waals surface area (Å²) in [6, 6.07) is 0.110. The van der Waals surface area contributed by atoms with Gasteiger partial charge in [0.05, 0.1) is 12.1 Å². The Bertz CT molecular complexity index is 672. The number of hydrogen-bond acceptors (Lipinski definition) is 5. The number of likely N-dealkylation sites (tertiary alicyclic amines) is 1. The fourth-order valence-electron chi connectivity index (χ4n) is 4.31. The molecule has 0 unspecified atom stereocenters. The normalized spacial score (nSPS) is 23.0. The fraction of sp³-hybridized carbons (Fsp3) is 0.667. The Morgan fingerprint density at radius 2 is 2.30 bits per heavy atom.